The van der Waals surface area contributed by atoms with Crippen LogP contribution in [0.4, 0.5) is 0 Å². The molecule has 2 nitrogen and oxygen atoms in total. The predicted octanol–water partition coefficient (Wildman–Crippen LogP) is 3.21. The fourth-order valence-corrected chi connectivity index (χ4v) is 3.81. The van der Waals surface area contributed by atoms with Crippen molar-refractivity contribution in [2.75, 3.05) is 26.2 Å². The Morgan fingerprint density at radius 3 is 2.12 bits per heavy atom. The maximum absolute atomic E-state index is 6.34. The number of likely N-dealkylation sites (tertiary alicyclic amines) is 1. The molecule has 3 heteroatoms. The van der Waals surface area contributed by atoms with Crippen molar-refractivity contribution in [2.45, 2.75) is 45.8 Å². The van der Waals surface area contributed by atoms with E-state index >= 15 is 0 Å². The molecule has 0 aromatic heterocycles. The summed E-state index contributed by atoms with van der Waals surface area (Å²) in [5.41, 5.74) is 0. The highest BCUT2D eigenvalue weighted by Gasteiger charge is 2.55. The molecule has 0 amide bonds. The molecule has 2 aliphatic rings. The minimum absolute atomic E-state index is 0.354. The Bertz CT molecular complexity index is 272. The highest BCUT2D eigenvalue weighted by Crippen LogP contribution is 2.52. The fraction of sp³-hybridized carbons (Fsp3) is 1.00. The number of hydrogen-bond donors (Lipinski definition) is 0. The van der Waals surface area contributed by atoms with Gasteiger partial charge in [0.05, 0.1) is 0 Å². The van der Waals surface area contributed by atoms with Gasteiger partial charge in [0, 0.05) is 19.7 Å². The smallest absolute Gasteiger partial charge is 0.191 e. The SMILES string of the molecule is CCN1C[C@@H]2C(CO[Si](C)(C)C(C)(C)C)[C@@H]2C1. The van der Waals surface area contributed by atoms with Crippen molar-refractivity contribution in [3.05, 3.63) is 0 Å². The summed E-state index contributed by atoms with van der Waals surface area (Å²) in [6.45, 7) is 18.9. The maximum atomic E-state index is 6.34. The van der Waals surface area contributed by atoms with Gasteiger partial charge in [0.2, 0.25) is 0 Å². The van der Waals surface area contributed by atoms with E-state index in [9.17, 15) is 0 Å². The summed E-state index contributed by atoms with van der Waals surface area (Å²) >= 11 is 0. The van der Waals surface area contributed by atoms with Gasteiger partial charge in [-0.15, -0.1) is 0 Å². The quantitative estimate of drug-likeness (QED) is 0.715. The molecule has 0 spiro atoms. The Labute approximate surface area is 108 Å². The van der Waals surface area contributed by atoms with Gasteiger partial charge in [0.1, 0.15) is 0 Å². The van der Waals surface area contributed by atoms with Gasteiger partial charge in [-0.25, -0.2) is 0 Å². The van der Waals surface area contributed by atoms with E-state index in [2.05, 4.69) is 45.7 Å². The summed E-state index contributed by atoms with van der Waals surface area (Å²) in [6.07, 6.45) is 0. The largest absolute Gasteiger partial charge is 0.417 e. The average molecular weight is 255 g/mol. The van der Waals surface area contributed by atoms with Crippen molar-refractivity contribution in [1.82, 2.24) is 4.90 Å². The summed E-state index contributed by atoms with van der Waals surface area (Å²) in [7, 11) is -1.51. The third kappa shape index (κ3) is 2.61. The standard InChI is InChI=1S/C14H29NOSi/c1-7-15-8-11-12(9-15)13(11)10-16-17(5,6)14(2,3)4/h11-13H,7-10H2,1-6H3/t11-,12+,13?. The van der Waals surface area contributed by atoms with Gasteiger partial charge in [-0.2, -0.15) is 0 Å². The fourth-order valence-electron chi connectivity index (χ4n) is 2.76. The first-order chi connectivity index (χ1) is 7.76. The van der Waals surface area contributed by atoms with Gasteiger partial charge in [-0.05, 0) is 42.4 Å². The van der Waals surface area contributed by atoms with Gasteiger partial charge < -0.3 is 9.33 Å². The lowest BCUT2D eigenvalue weighted by molar-refractivity contribution is 0.226. The molecular formula is C14H29NOSi. The Balaban J connectivity index is 1.76. The highest BCUT2D eigenvalue weighted by atomic mass is 28.4. The number of hydrogen-bond acceptors (Lipinski definition) is 2. The molecule has 1 aliphatic heterocycles. The first kappa shape index (κ1) is 13.6. The molecule has 0 bridgehead atoms. The molecular weight excluding hydrogens is 226 g/mol. The monoisotopic (exact) mass is 255 g/mol. The zero-order valence-corrected chi connectivity index (χ0v) is 13.4. The van der Waals surface area contributed by atoms with Crippen LogP contribution in [-0.4, -0.2) is 39.5 Å². The summed E-state index contributed by atoms with van der Waals surface area (Å²) in [5, 5.41) is 0.354. The Hall–Kier alpha value is 0.137. The Morgan fingerprint density at radius 2 is 1.71 bits per heavy atom. The number of nitrogens with zero attached hydrogens (tertiary/aromatic N) is 1. The molecule has 0 radical (unpaired) electrons. The minimum Gasteiger partial charge on any atom is -0.417 e. The van der Waals surface area contributed by atoms with E-state index in [0.29, 0.717) is 5.04 Å². The molecule has 3 atom stereocenters. The molecule has 0 N–H and O–H groups in total. The summed E-state index contributed by atoms with van der Waals surface area (Å²) in [4.78, 5) is 2.58. The average Bonchev–Trinajstić information content (AvgIpc) is 2.68. The second-order valence-corrected chi connectivity index (χ2v) is 12.2. The molecule has 1 unspecified atom stereocenters. The van der Waals surface area contributed by atoms with Crippen LogP contribution in [0.25, 0.3) is 0 Å². The lowest BCUT2D eigenvalue weighted by Gasteiger charge is -2.36. The predicted molar refractivity (Wildman–Crippen MR) is 75.7 cm³/mol. The second-order valence-electron chi connectivity index (χ2n) is 7.42. The molecule has 1 aliphatic carbocycles. The summed E-state index contributed by atoms with van der Waals surface area (Å²) < 4.78 is 6.34. The van der Waals surface area contributed by atoms with Crippen molar-refractivity contribution in [3.63, 3.8) is 0 Å². The Morgan fingerprint density at radius 1 is 1.18 bits per heavy atom. The third-order valence-electron chi connectivity index (χ3n) is 5.34. The van der Waals surface area contributed by atoms with Gasteiger partial charge in [0.15, 0.2) is 8.32 Å². The van der Waals surface area contributed by atoms with E-state index < -0.39 is 8.32 Å². The minimum atomic E-state index is -1.51. The van der Waals surface area contributed by atoms with Crippen molar-refractivity contribution < 1.29 is 4.43 Å². The van der Waals surface area contributed by atoms with Gasteiger partial charge in [-0.1, -0.05) is 27.7 Å². The molecule has 1 saturated carbocycles. The van der Waals surface area contributed by atoms with Crippen LogP contribution in [0.1, 0.15) is 27.7 Å². The van der Waals surface area contributed by atoms with E-state index in [1.807, 2.05) is 0 Å². The van der Waals surface area contributed by atoms with Crippen LogP contribution in [0.2, 0.25) is 18.1 Å². The summed E-state index contributed by atoms with van der Waals surface area (Å²) in [5.74, 6) is 2.80. The Kier molecular flexibility index (Phi) is 3.48. The molecule has 1 saturated heterocycles. The van der Waals surface area contributed by atoms with E-state index in [1.54, 1.807) is 0 Å². The van der Waals surface area contributed by atoms with Crippen LogP contribution in [0.5, 0.6) is 0 Å². The molecule has 1 heterocycles. The first-order valence-electron chi connectivity index (χ1n) is 7.12. The van der Waals surface area contributed by atoms with Crippen LogP contribution in [0, 0.1) is 17.8 Å². The van der Waals surface area contributed by atoms with Crippen molar-refractivity contribution in [3.8, 4) is 0 Å². The topological polar surface area (TPSA) is 12.5 Å². The molecule has 100 valence electrons. The third-order valence-corrected chi connectivity index (χ3v) is 9.84. The van der Waals surface area contributed by atoms with E-state index in [0.717, 1.165) is 24.4 Å². The number of piperidine rings is 1. The van der Waals surface area contributed by atoms with Crippen LogP contribution in [0.3, 0.4) is 0 Å². The lowest BCUT2D eigenvalue weighted by Crippen LogP contribution is -2.41. The first-order valence-corrected chi connectivity index (χ1v) is 10.0. The van der Waals surface area contributed by atoms with Gasteiger partial charge in [0.25, 0.3) is 0 Å². The van der Waals surface area contributed by atoms with Crippen molar-refractivity contribution in [1.29, 1.82) is 0 Å². The van der Waals surface area contributed by atoms with Crippen LogP contribution in [0.15, 0.2) is 0 Å². The van der Waals surface area contributed by atoms with Crippen molar-refractivity contribution >= 4 is 8.32 Å². The zero-order chi connectivity index (χ0) is 12.8. The molecule has 2 rings (SSSR count). The number of fused-ring (bicyclic) bond motifs is 1. The normalized spacial score (nSPS) is 33.9. The molecule has 0 aromatic rings. The number of rotatable bonds is 4. The van der Waals surface area contributed by atoms with Crippen molar-refractivity contribution in [2.24, 2.45) is 17.8 Å². The second kappa shape index (κ2) is 4.36. The van der Waals surface area contributed by atoms with Crippen LogP contribution >= 0.6 is 0 Å². The zero-order valence-electron chi connectivity index (χ0n) is 12.4. The lowest BCUT2D eigenvalue weighted by atomic mass is 10.2. The summed E-state index contributed by atoms with van der Waals surface area (Å²) in [6, 6.07) is 0. The van der Waals surface area contributed by atoms with Crippen LogP contribution < -0.4 is 0 Å². The molecule has 17 heavy (non-hydrogen) atoms. The molecule has 2 fully saturated rings. The van der Waals surface area contributed by atoms with E-state index in [4.69, 9.17) is 4.43 Å². The van der Waals surface area contributed by atoms with Gasteiger partial charge >= 0.3 is 0 Å². The van der Waals surface area contributed by atoms with E-state index in [1.165, 1.54) is 19.6 Å². The highest BCUT2D eigenvalue weighted by molar-refractivity contribution is 6.74. The maximum Gasteiger partial charge on any atom is 0.191 e. The van der Waals surface area contributed by atoms with Crippen LogP contribution in [-0.2, 0) is 4.43 Å². The van der Waals surface area contributed by atoms with Gasteiger partial charge in [-0.3, -0.25) is 0 Å². The van der Waals surface area contributed by atoms with E-state index in [-0.39, 0.29) is 0 Å². The molecule has 0 aromatic carbocycles.